The summed E-state index contributed by atoms with van der Waals surface area (Å²) >= 11 is 0. The first-order chi connectivity index (χ1) is 13.7. The molecule has 1 amide bonds. The van der Waals surface area contributed by atoms with Crippen molar-refractivity contribution in [1.82, 2.24) is 19.8 Å². The fourth-order valence-corrected chi connectivity index (χ4v) is 4.63. The Balaban J connectivity index is 1.44. The van der Waals surface area contributed by atoms with Crippen LogP contribution < -0.4 is 0 Å². The molecular formula is C22H26N4O2. The fourth-order valence-electron chi connectivity index (χ4n) is 4.63. The van der Waals surface area contributed by atoms with Crippen LogP contribution in [-0.2, 0) is 16.1 Å². The predicted octanol–water partition coefficient (Wildman–Crippen LogP) is 2.08. The lowest BCUT2D eigenvalue weighted by molar-refractivity contribution is -0.172. The van der Waals surface area contributed by atoms with Crippen molar-refractivity contribution in [2.75, 3.05) is 32.8 Å². The third-order valence-electron chi connectivity index (χ3n) is 6.21. The quantitative estimate of drug-likeness (QED) is 0.797. The van der Waals surface area contributed by atoms with Crippen molar-refractivity contribution in [3.8, 4) is 0 Å². The van der Waals surface area contributed by atoms with Gasteiger partial charge in [0.05, 0.1) is 12.3 Å². The number of likely N-dealkylation sites (tertiary alicyclic amines) is 1. The molecule has 0 radical (unpaired) electrons. The minimum atomic E-state index is -0.815. The molecular weight excluding hydrogens is 352 g/mol. The molecule has 2 aromatic rings. The lowest BCUT2D eigenvalue weighted by Crippen LogP contribution is -2.60. The molecule has 6 heteroatoms. The number of carbonyl (C=O) groups excluding carboxylic acids is 1. The predicted molar refractivity (Wildman–Crippen MR) is 104 cm³/mol. The van der Waals surface area contributed by atoms with Crippen LogP contribution >= 0.6 is 0 Å². The lowest BCUT2D eigenvalue weighted by Gasteiger charge is -2.42. The van der Waals surface area contributed by atoms with Crippen LogP contribution in [0.3, 0.4) is 0 Å². The highest BCUT2D eigenvalue weighted by Crippen LogP contribution is 2.43. The minimum absolute atomic E-state index is 0.0144. The molecule has 2 aromatic heterocycles. The molecule has 1 saturated carbocycles. The van der Waals surface area contributed by atoms with Crippen molar-refractivity contribution in [1.29, 1.82) is 0 Å². The Morgan fingerprint density at radius 2 is 2.11 bits per heavy atom. The molecule has 0 bridgehead atoms. The molecule has 6 nitrogen and oxygen atoms in total. The van der Waals surface area contributed by atoms with E-state index < -0.39 is 5.60 Å². The maximum absolute atomic E-state index is 13.6. The maximum atomic E-state index is 13.6. The van der Waals surface area contributed by atoms with Crippen molar-refractivity contribution in [2.24, 2.45) is 5.92 Å². The van der Waals surface area contributed by atoms with E-state index in [9.17, 15) is 4.79 Å². The molecule has 3 aliphatic rings. The van der Waals surface area contributed by atoms with Crippen LogP contribution in [0.15, 0.2) is 48.9 Å². The number of amides is 1. The van der Waals surface area contributed by atoms with Crippen molar-refractivity contribution in [3.05, 3.63) is 60.2 Å². The number of pyridine rings is 2. The second-order valence-corrected chi connectivity index (χ2v) is 8.26. The molecule has 5 rings (SSSR count). The Labute approximate surface area is 165 Å². The number of rotatable bonds is 5. The molecule has 2 atom stereocenters. The van der Waals surface area contributed by atoms with Crippen LogP contribution in [0.2, 0.25) is 0 Å². The van der Waals surface area contributed by atoms with Gasteiger partial charge in [-0.2, -0.15) is 0 Å². The Hall–Kier alpha value is -2.31. The van der Waals surface area contributed by atoms with E-state index in [2.05, 4.69) is 25.8 Å². The number of carbonyl (C=O) groups is 1. The average Bonchev–Trinajstić information content (AvgIpc) is 3.48. The highest BCUT2D eigenvalue weighted by atomic mass is 16.5. The summed E-state index contributed by atoms with van der Waals surface area (Å²) in [6, 6.07) is 9.98. The molecule has 146 valence electrons. The molecule has 0 aromatic carbocycles. The van der Waals surface area contributed by atoms with E-state index in [1.54, 1.807) is 6.20 Å². The van der Waals surface area contributed by atoms with Crippen LogP contribution in [0.1, 0.15) is 30.0 Å². The van der Waals surface area contributed by atoms with Gasteiger partial charge >= 0.3 is 0 Å². The molecule has 2 aliphatic heterocycles. The smallest absolute Gasteiger partial charge is 0.256 e. The molecule has 1 aliphatic carbocycles. The summed E-state index contributed by atoms with van der Waals surface area (Å²) in [6.07, 6.45) is 7.97. The van der Waals surface area contributed by atoms with Gasteiger partial charge in [0.25, 0.3) is 5.91 Å². The van der Waals surface area contributed by atoms with Gasteiger partial charge in [0.2, 0.25) is 0 Å². The topological polar surface area (TPSA) is 58.6 Å². The Morgan fingerprint density at radius 1 is 1.18 bits per heavy atom. The zero-order valence-electron chi connectivity index (χ0n) is 16.0. The van der Waals surface area contributed by atoms with Gasteiger partial charge in [-0.3, -0.25) is 19.7 Å². The van der Waals surface area contributed by atoms with Crippen molar-refractivity contribution in [2.45, 2.75) is 30.9 Å². The van der Waals surface area contributed by atoms with Gasteiger partial charge in [0.1, 0.15) is 0 Å². The van der Waals surface area contributed by atoms with Crippen molar-refractivity contribution in [3.63, 3.8) is 0 Å². The van der Waals surface area contributed by atoms with E-state index >= 15 is 0 Å². The second kappa shape index (κ2) is 7.26. The van der Waals surface area contributed by atoms with Gasteiger partial charge in [-0.25, -0.2) is 0 Å². The standard InChI is InChI=1S/C22H26N4O2/c27-21-22(28-11-10-26(21)13-17-6-7-17)16-25(14-19-5-1-2-9-24-19)15-20(22)18-4-3-8-23-12-18/h1-5,8-9,12,17,20H,6-7,10-11,13-16H2/t20-,22+/m0/s1. The summed E-state index contributed by atoms with van der Waals surface area (Å²) in [7, 11) is 0. The Bertz CT molecular complexity index is 827. The van der Waals surface area contributed by atoms with E-state index in [0.29, 0.717) is 25.6 Å². The number of morpholine rings is 1. The Morgan fingerprint density at radius 3 is 2.86 bits per heavy atom. The second-order valence-electron chi connectivity index (χ2n) is 8.26. The van der Waals surface area contributed by atoms with Crippen LogP contribution in [0.5, 0.6) is 0 Å². The van der Waals surface area contributed by atoms with Gasteiger partial charge in [-0.05, 0) is 42.5 Å². The molecule has 3 fully saturated rings. The molecule has 2 saturated heterocycles. The van der Waals surface area contributed by atoms with E-state index in [1.165, 1.54) is 12.8 Å². The van der Waals surface area contributed by atoms with Crippen molar-refractivity contribution < 1.29 is 9.53 Å². The maximum Gasteiger partial charge on any atom is 0.256 e. The lowest BCUT2D eigenvalue weighted by atomic mass is 9.83. The summed E-state index contributed by atoms with van der Waals surface area (Å²) < 4.78 is 6.32. The van der Waals surface area contributed by atoms with Gasteiger partial charge in [0.15, 0.2) is 5.60 Å². The molecule has 28 heavy (non-hydrogen) atoms. The van der Waals surface area contributed by atoms with E-state index in [-0.39, 0.29) is 11.8 Å². The van der Waals surface area contributed by atoms with Crippen LogP contribution in [-0.4, -0.2) is 64.1 Å². The van der Waals surface area contributed by atoms with Crippen molar-refractivity contribution >= 4 is 5.91 Å². The number of ether oxygens (including phenoxy) is 1. The first-order valence-electron chi connectivity index (χ1n) is 10.2. The van der Waals surface area contributed by atoms with Crippen LogP contribution in [0.25, 0.3) is 0 Å². The summed E-state index contributed by atoms with van der Waals surface area (Å²) in [5.41, 5.74) is 1.28. The third-order valence-corrected chi connectivity index (χ3v) is 6.21. The Kier molecular flexibility index (Phi) is 4.61. The van der Waals surface area contributed by atoms with Gasteiger partial charge < -0.3 is 9.64 Å². The molecule has 0 unspecified atom stereocenters. The number of hydrogen-bond donors (Lipinski definition) is 0. The molecule has 0 N–H and O–H groups in total. The van der Waals surface area contributed by atoms with Crippen LogP contribution in [0, 0.1) is 5.92 Å². The zero-order chi connectivity index (χ0) is 19.0. The largest absolute Gasteiger partial charge is 0.361 e. The molecule has 1 spiro atoms. The average molecular weight is 378 g/mol. The minimum Gasteiger partial charge on any atom is -0.361 e. The van der Waals surface area contributed by atoms with E-state index in [0.717, 1.165) is 30.9 Å². The zero-order valence-corrected chi connectivity index (χ0v) is 16.0. The summed E-state index contributed by atoms with van der Waals surface area (Å²) in [5.74, 6) is 0.824. The van der Waals surface area contributed by atoms with E-state index in [4.69, 9.17) is 4.74 Å². The number of aromatic nitrogens is 2. The SMILES string of the molecule is O=C1N(CC2CC2)CCO[C@@]12CN(Cc1ccccn1)C[C@H]2c1cccnc1. The first kappa shape index (κ1) is 17.8. The first-order valence-corrected chi connectivity index (χ1v) is 10.2. The highest BCUT2D eigenvalue weighted by molar-refractivity contribution is 5.88. The number of hydrogen-bond acceptors (Lipinski definition) is 5. The molecule has 4 heterocycles. The van der Waals surface area contributed by atoms with E-state index in [1.807, 2.05) is 36.7 Å². The summed E-state index contributed by atoms with van der Waals surface area (Å²) in [6.45, 7) is 4.28. The summed E-state index contributed by atoms with van der Waals surface area (Å²) in [4.78, 5) is 26.8. The van der Waals surface area contributed by atoms with Crippen LogP contribution in [0.4, 0.5) is 0 Å². The number of nitrogens with zero attached hydrogens (tertiary/aromatic N) is 4. The van der Waals surface area contributed by atoms with Gasteiger partial charge in [0, 0.05) is 57.2 Å². The summed E-state index contributed by atoms with van der Waals surface area (Å²) in [5, 5.41) is 0. The highest BCUT2D eigenvalue weighted by Gasteiger charge is 2.57. The third kappa shape index (κ3) is 3.31. The van der Waals surface area contributed by atoms with Gasteiger partial charge in [-0.15, -0.1) is 0 Å². The normalized spacial score (nSPS) is 28.2. The monoisotopic (exact) mass is 378 g/mol. The fraction of sp³-hybridized carbons (Fsp3) is 0.500. The van der Waals surface area contributed by atoms with Gasteiger partial charge in [-0.1, -0.05) is 12.1 Å².